The van der Waals surface area contributed by atoms with Crippen molar-refractivity contribution in [1.29, 1.82) is 0 Å². The van der Waals surface area contributed by atoms with E-state index >= 15 is 0 Å². The first-order valence-corrected chi connectivity index (χ1v) is 12.0. The summed E-state index contributed by atoms with van der Waals surface area (Å²) in [6, 6.07) is 16.4. The van der Waals surface area contributed by atoms with Crippen molar-refractivity contribution >= 4 is 10.0 Å². The van der Waals surface area contributed by atoms with Crippen molar-refractivity contribution in [2.45, 2.75) is 44.8 Å². The summed E-state index contributed by atoms with van der Waals surface area (Å²) in [5.41, 5.74) is 2.01. The van der Waals surface area contributed by atoms with Gasteiger partial charge in [-0.15, -0.1) is 0 Å². The van der Waals surface area contributed by atoms with E-state index in [0.29, 0.717) is 5.75 Å². The Balaban J connectivity index is 1.82. The van der Waals surface area contributed by atoms with Crippen molar-refractivity contribution < 1.29 is 17.9 Å². The van der Waals surface area contributed by atoms with E-state index in [-0.39, 0.29) is 36.5 Å². The average molecular weight is 433 g/mol. The van der Waals surface area contributed by atoms with Crippen molar-refractivity contribution in [3.8, 4) is 11.5 Å². The average Bonchev–Trinajstić information content (AvgIpc) is 2.72. The minimum Gasteiger partial charge on any atom is -0.492 e. The number of ether oxygens (including phenoxy) is 2. The molecule has 2 unspecified atom stereocenters. The molecule has 0 spiro atoms. The maximum atomic E-state index is 11.6. The van der Waals surface area contributed by atoms with Gasteiger partial charge in [-0.2, -0.15) is 0 Å². The second kappa shape index (κ2) is 9.37. The van der Waals surface area contributed by atoms with Crippen molar-refractivity contribution in [2.24, 2.45) is 0 Å². The summed E-state index contributed by atoms with van der Waals surface area (Å²) < 4.78 is 37.8. The van der Waals surface area contributed by atoms with Crippen molar-refractivity contribution in [3.63, 3.8) is 0 Å². The summed E-state index contributed by atoms with van der Waals surface area (Å²) in [5, 5.41) is 3.46. The number of rotatable bonds is 9. The summed E-state index contributed by atoms with van der Waals surface area (Å²) >= 11 is 0. The van der Waals surface area contributed by atoms with Crippen molar-refractivity contribution in [2.75, 3.05) is 26.0 Å². The van der Waals surface area contributed by atoms with Gasteiger partial charge in [0.15, 0.2) is 0 Å². The van der Waals surface area contributed by atoms with Crippen LogP contribution in [0.2, 0.25) is 0 Å². The monoisotopic (exact) mass is 432 g/mol. The molecule has 30 heavy (non-hydrogen) atoms. The molecule has 0 aromatic heterocycles. The molecular formula is C23H32N2O4S. The van der Waals surface area contributed by atoms with E-state index < -0.39 is 10.0 Å². The first kappa shape index (κ1) is 22.6. The summed E-state index contributed by atoms with van der Waals surface area (Å²) in [5.74, 6) is 1.84. The highest BCUT2D eigenvalue weighted by Gasteiger charge is 2.43. The molecule has 0 fully saturated rings. The molecule has 0 saturated carbocycles. The normalized spacial score (nSPS) is 20.3. The Kier molecular flexibility index (Phi) is 7.06. The first-order valence-electron chi connectivity index (χ1n) is 10.4. The number of sulfonamides is 1. The molecule has 3 rings (SSSR count). The quantitative estimate of drug-likeness (QED) is 0.596. The molecule has 1 aliphatic rings. The van der Waals surface area contributed by atoms with Crippen molar-refractivity contribution in [1.82, 2.24) is 10.0 Å². The molecule has 0 radical (unpaired) electrons. The van der Waals surface area contributed by atoms with Gasteiger partial charge >= 0.3 is 0 Å². The summed E-state index contributed by atoms with van der Waals surface area (Å²) in [4.78, 5) is 0. The Morgan fingerprint density at radius 1 is 1.13 bits per heavy atom. The van der Waals surface area contributed by atoms with Gasteiger partial charge in [0.2, 0.25) is 10.0 Å². The van der Waals surface area contributed by atoms with Gasteiger partial charge in [0.25, 0.3) is 0 Å². The second-order valence-corrected chi connectivity index (χ2v) is 10.2. The standard InChI is InChI=1S/C23H32N2O4S/c1-5-30(26,27)25-13-14-28-18-11-12-21-19(16-18)20(15-17-9-7-6-8-10-17)22(24-4)23(2,3)29-21/h6-12,16,20,22,24-25H,5,13-15H2,1-4H3. The van der Waals surface area contributed by atoms with Crippen molar-refractivity contribution in [3.05, 3.63) is 59.7 Å². The zero-order valence-corrected chi connectivity index (χ0v) is 19.0. The first-order chi connectivity index (χ1) is 14.3. The Morgan fingerprint density at radius 2 is 1.87 bits per heavy atom. The van der Waals surface area contributed by atoms with Crippen LogP contribution in [0.3, 0.4) is 0 Å². The van der Waals surface area contributed by atoms with Crippen LogP contribution >= 0.6 is 0 Å². The molecule has 1 aliphatic heterocycles. The predicted molar refractivity (Wildman–Crippen MR) is 120 cm³/mol. The van der Waals surface area contributed by atoms with Gasteiger partial charge in [-0.05, 0) is 58.0 Å². The Morgan fingerprint density at radius 3 is 2.53 bits per heavy atom. The van der Waals surface area contributed by atoms with Gasteiger partial charge in [0.05, 0.1) is 11.8 Å². The third-order valence-corrected chi connectivity index (χ3v) is 6.99. The fourth-order valence-electron chi connectivity index (χ4n) is 4.12. The lowest BCUT2D eigenvalue weighted by Crippen LogP contribution is -2.55. The van der Waals surface area contributed by atoms with Crippen LogP contribution in [-0.4, -0.2) is 46.0 Å². The predicted octanol–water partition coefficient (Wildman–Crippen LogP) is 3.09. The van der Waals surface area contributed by atoms with E-state index in [2.05, 4.69) is 48.2 Å². The van der Waals surface area contributed by atoms with Gasteiger partial charge in [0, 0.05) is 18.0 Å². The highest BCUT2D eigenvalue weighted by molar-refractivity contribution is 7.89. The highest BCUT2D eigenvalue weighted by Crippen LogP contribution is 2.44. The minimum absolute atomic E-state index is 0.0611. The number of fused-ring (bicyclic) bond motifs is 1. The largest absolute Gasteiger partial charge is 0.492 e. The zero-order valence-electron chi connectivity index (χ0n) is 18.1. The van der Waals surface area contributed by atoms with Gasteiger partial charge in [-0.3, -0.25) is 0 Å². The van der Waals surface area contributed by atoms with Crippen LogP contribution in [0.25, 0.3) is 0 Å². The number of likely N-dealkylation sites (N-methyl/N-ethyl adjacent to an activating group) is 1. The molecule has 2 aromatic rings. The SMILES string of the molecule is CCS(=O)(=O)NCCOc1ccc2c(c1)C(Cc1ccccc1)C(NC)C(C)(C)O2. The Bertz CT molecular complexity index is 945. The lowest BCUT2D eigenvalue weighted by molar-refractivity contribution is 0.0364. The zero-order chi connectivity index (χ0) is 21.8. The number of nitrogens with one attached hydrogen (secondary N) is 2. The highest BCUT2D eigenvalue weighted by atomic mass is 32.2. The molecule has 0 aliphatic carbocycles. The van der Waals surface area contributed by atoms with Crippen LogP contribution in [0.4, 0.5) is 0 Å². The third kappa shape index (κ3) is 5.33. The molecule has 0 bridgehead atoms. The van der Waals surface area contributed by atoms with Crippen LogP contribution in [0, 0.1) is 0 Å². The fourth-order valence-corrected chi connectivity index (χ4v) is 4.72. The van der Waals surface area contributed by atoms with Crippen LogP contribution < -0.4 is 19.5 Å². The van der Waals surface area contributed by atoms with E-state index in [0.717, 1.165) is 17.7 Å². The third-order valence-electron chi connectivity index (χ3n) is 5.59. The topological polar surface area (TPSA) is 76.7 Å². The Hall–Kier alpha value is -2.09. The molecule has 2 atom stereocenters. The molecule has 2 N–H and O–H groups in total. The van der Waals surface area contributed by atoms with E-state index in [1.807, 2.05) is 31.3 Å². The van der Waals surface area contributed by atoms with Crippen LogP contribution in [0.15, 0.2) is 48.5 Å². The minimum atomic E-state index is -3.21. The van der Waals surface area contributed by atoms with Crippen LogP contribution in [0.5, 0.6) is 11.5 Å². The molecule has 164 valence electrons. The smallest absolute Gasteiger partial charge is 0.211 e. The van der Waals surface area contributed by atoms with Gasteiger partial charge in [0.1, 0.15) is 23.7 Å². The molecule has 2 aromatic carbocycles. The lowest BCUT2D eigenvalue weighted by Gasteiger charge is -2.45. The summed E-state index contributed by atoms with van der Waals surface area (Å²) in [6.07, 6.45) is 0.881. The lowest BCUT2D eigenvalue weighted by atomic mass is 9.76. The molecular weight excluding hydrogens is 400 g/mol. The molecule has 7 heteroatoms. The van der Waals surface area contributed by atoms with Gasteiger partial charge in [-0.1, -0.05) is 30.3 Å². The van der Waals surface area contributed by atoms with Gasteiger partial charge in [-0.25, -0.2) is 13.1 Å². The second-order valence-electron chi connectivity index (χ2n) is 8.11. The fraction of sp³-hybridized carbons (Fsp3) is 0.478. The molecule has 0 amide bonds. The van der Waals surface area contributed by atoms with Crippen LogP contribution in [0.1, 0.15) is 37.8 Å². The number of hydrogen-bond donors (Lipinski definition) is 2. The van der Waals surface area contributed by atoms with E-state index in [1.165, 1.54) is 5.56 Å². The van der Waals surface area contributed by atoms with E-state index in [9.17, 15) is 8.42 Å². The summed E-state index contributed by atoms with van der Waals surface area (Å²) in [6.45, 7) is 6.34. The number of benzene rings is 2. The van der Waals surface area contributed by atoms with Gasteiger partial charge < -0.3 is 14.8 Å². The van der Waals surface area contributed by atoms with Crippen LogP contribution in [-0.2, 0) is 16.4 Å². The number of hydrogen-bond acceptors (Lipinski definition) is 5. The van der Waals surface area contributed by atoms with E-state index in [4.69, 9.17) is 9.47 Å². The molecule has 1 heterocycles. The summed E-state index contributed by atoms with van der Waals surface area (Å²) in [7, 11) is -1.24. The van der Waals surface area contributed by atoms with E-state index in [1.54, 1.807) is 6.92 Å². The maximum absolute atomic E-state index is 11.6. The molecule has 0 saturated heterocycles. The maximum Gasteiger partial charge on any atom is 0.211 e. The molecule has 6 nitrogen and oxygen atoms in total. The Labute approximate surface area is 180 Å².